The van der Waals surface area contributed by atoms with Crippen LogP contribution < -0.4 is 5.73 Å². The number of alkyl halides is 8. The maximum atomic E-state index is 13.0. The van der Waals surface area contributed by atoms with Crippen LogP contribution in [0.5, 0.6) is 0 Å². The van der Waals surface area contributed by atoms with Gasteiger partial charge in [0.15, 0.2) is 6.17 Å². The standard InChI is InChI=1S/C12H19F8N/c13-9(11(17,18)12(19,20)21)7-5-3-1-2-4-6-8-10(14,15)16/h9H,1-8,21H2. The first-order chi connectivity index (χ1) is 9.38. The fraction of sp³-hybridized carbons (Fsp3) is 1.00. The third kappa shape index (κ3) is 8.43. The van der Waals surface area contributed by atoms with Crippen molar-refractivity contribution in [3.63, 3.8) is 0 Å². The van der Waals surface area contributed by atoms with E-state index in [-0.39, 0.29) is 12.8 Å². The highest BCUT2D eigenvalue weighted by Crippen LogP contribution is 2.36. The molecule has 0 saturated heterocycles. The molecule has 21 heavy (non-hydrogen) atoms. The molecule has 0 aliphatic rings. The first-order valence-electron chi connectivity index (χ1n) is 6.63. The highest BCUT2D eigenvalue weighted by Gasteiger charge is 2.59. The second kappa shape index (κ2) is 8.14. The number of nitrogens with two attached hydrogens (primary N) is 1. The fourth-order valence-corrected chi connectivity index (χ4v) is 1.75. The second-order valence-corrected chi connectivity index (χ2v) is 4.99. The van der Waals surface area contributed by atoms with Gasteiger partial charge in [-0.2, -0.15) is 30.7 Å². The van der Waals surface area contributed by atoms with Gasteiger partial charge in [-0.3, -0.25) is 5.73 Å². The molecule has 0 heterocycles. The minimum absolute atomic E-state index is 0.0211. The summed E-state index contributed by atoms with van der Waals surface area (Å²) in [6, 6.07) is -4.91. The fourth-order valence-electron chi connectivity index (χ4n) is 1.75. The summed E-state index contributed by atoms with van der Waals surface area (Å²) in [4.78, 5) is 0. The van der Waals surface area contributed by atoms with Crippen molar-refractivity contribution >= 4 is 0 Å². The zero-order valence-electron chi connectivity index (χ0n) is 11.3. The Labute approximate surface area is 117 Å². The maximum Gasteiger partial charge on any atom is 0.389 e. The third-order valence-electron chi connectivity index (χ3n) is 3.01. The van der Waals surface area contributed by atoms with E-state index in [4.69, 9.17) is 0 Å². The number of hydrogen-bond donors (Lipinski definition) is 1. The van der Waals surface area contributed by atoms with E-state index in [2.05, 4.69) is 5.73 Å². The minimum atomic E-state index is -4.92. The molecule has 0 radical (unpaired) electrons. The van der Waals surface area contributed by atoms with Gasteiger partial charge in [-0.15, -0.1) is 0 Å². The van der Waals surface area contributed by atoms with Gasteiger partial charge in [0, 0.05) is 6.42 Å². The molecule has 0 aliphatic carbocycles. The Morgan fingerprint density at radius 1 is 0.714 bits per heavy atom. The molecule has 2 N–H and O–H groups in total. The van der Waals surface area contributed by atoms with Crippen LogP contribution >= 0.6 is 0 Å². The summed E-state index contributed by atoms with van der Waals surface area (Å²) in [5.74, 6) is -4.92. The first kappa shape index (κ1) is 20.4. The highest BCUT2D eigenvalue weighted by molar-refractivity contribution is 4.86. The maximum absolute atomic E-state index is 13.0. The van der Waals surface area contributed by atoms with Gasteiger partial charge in [-0.1, -0.05) is 32.1 Å². The largest absolute Gasteiger partial charge is 0.389 e. The third-order valence-corrected chi connectivity index (χ3v) is 3.01. The van der Waals surface area contributed by atoms with Gasteiger partial charge in [0.1, 0.15) is 0 Å². The van der Waals surface area contributed by atoms with Gasteiger partial charge in [0.05, 0.1) is 0 Å². The molecular formula is C12H19F8N. The van der Waals surface area contributed by atoms with Crippen molar-refractivity contribution in [1.82, 2.24) is 0 Å². The van der Waals surface area contributed by atoms with Gasteiger partial charge in [0.25, 0.3) is 0 Å². The van der Waals surface area contributed by atoms with E-state index in [1.54, 1.807) is 0 Å². The van der Waals surface area contributed by atoms with Crippen molar-refractivity contribution in [2.45, 2.75) is 75.7 Å². The van der Waals surface area contributed by atoms with Gasteiger partial charge < -0.3 is 0 Å². The zero-order valence-corrected chi connectivity index (χ0v) is 11.3. The zero-order chi connectivity index (χ0) is 16.7. The molecule has 0 spiro atoms. The second-order valence-electron chi connectivity index (χ2n) is 4.99. The summed E-state index contributed by atoms with van der Waals surface area (Å²) in [7, 11) is 0. The summed E-state index contributed by atoms with van der Waals surface area (Å²) < 4.78 is 98.4. The van der Waals surface area contributed by atoms with E-state index in [0.29, 0.717) is 25.7 Å². The molecule has 0 amide bonds. The molecule has 0 aromatic heterocycles. The van der Waals surface area contributed by atoms with E-state index in [1.165, 1.54) is 0 Å². The van der Waals surface area contributed by atoms with Gasteiger partial charge in [-0.25, -0.2) is 4.39 Å². The smallest absolute Gasteiger partial charge is 0.267 e. The molecule has 0 fully saturated rings. The summed E-state index contributed by atoms with van der Waals surface area (Å²) >= 11 is 0. The van der Waals surface area contributed by atoms with Crippen LogP contribution in [0.25, 0.3) is 0 Å². The predicted octanol–water partition coefficient (Wildman–Crippen LogP) is 5.19. The normalized spacial score (nSPS) is 15.3. The molecular weight excluding hydrogens is 310 g/mol. The number of unbranched alkanes of at least 4 members (excludes halogenated alkanes) is 5. The van der Waals surface area contributed by atoms with Crippen molar-refractivity contribution in [1.29, 1.82) is 0 Å². The summed E-state index contributed by atoms with van der Waals surface area (Å²) in [5, 5.41) is 0. The van der Waals surface area contributed by atoms with Crippen molar-refractivity contribution < 1.29 is 35.1 Å². The molecule has 0 aliphatic heterocycles. The lowest BCUT2D eigenvalue weighted by molar-refractivity contribution is -0.236. The molecule has 1 unspecified atom stereocenters. The quantitative estimate of drug-likeness (QED) is 0.333. The van der Waals surface area contributed by atoms with Crippen LogP contribution in [0, 0.1) is 0 Å². The van der Waals surface area contributed by atoms with E-state index >= 15 is 0 Å². The van der Waals surface area contributed by atoms with Crippen LogP contribution in [0.2, 0.25) is 0 Å². The molecule has 128 valence electrons. The van der Waals surface area contributed by atoms with Crippen LogP contribution in [-0.4, -0.2) is 24.3 Å². The monoisotopic (exact) mass is 329 g/mol. The lowest BCUT2D eigenvalue weighted by Crippen LogP contribution is -2.53. The Balaban J connectivity index is 3.69. The molecule has 1 atom stereocenters. The predicted molar refractivity (Wildman–Crippen MR) is 62.0 cm³/mol. The lowest BCUT2D eigenvalue weighted by Gasteiger charge is -2.25. The van der Waals surface area contributed by atoms with Crippen LogP contribution in [0.4, 0.5) is 35.1 Å². The Morgan fingerprint density at radius 3 is 1.57 bits per heavy atom. The van der Waals surface area contributed by atoms with E-state index in [1.807, 2.05) is 0 Å². The van der Waals surface area contributed by atoms with Gasteiger partial charge in [-0.05, 0) is 12.8 Å². The van der Waals surface area contributed by atoms with Crippen LogP contribution in [0.1, 0.15) is 51.4 Å². The summed E-state index contributed by atoms with van der Waals surface area (Å²) in [6.07, 6.45) is -7.43. The first-order valence-corrected chi connectivity index (χ1v) is 6.63. The van der Waals surface area contributed by atoms with Crippen molar-refractivity contribution in [2.24, 2.45) is 5.73 Å². The molecule has 0 bridgehead atoms. The molecule has 0 aromatic carbocycles. The van der Waals surface area contributed by atoms with Crippen molar-refractivity contribution in [2.75, 3.05) is 0 Å². The molecule has 0 saturated carbocycles. The minimum Gasteiger partial charge on any atom is -0.267 e. The SMILES string of the molecule is NC(F)(F)C(F)(F)C(F)CCCCCCCCC(F)(F)F. The van der Waals surface area contributed by atoms with Crippen molar-refractivity contribution in [3.8, 4) is 0 Å². The topological polar surface area (TPSA) is 26.0 Å². The Bertz CT molecular complexity index is 284. The lowest BCUT2D eigenvalue weighted by atomic mass is 10.0. The van der Waals surface area contributed by atoms with Crippen LogP contribution in [-0.2, 0) is 0 Å². The van der Waals surface area contributed by atoms with Gasteiger partial charge in [0.2, 0.25) is 0 Å². The molecule has 0 aromatic rings. The Kier molecular flexibility index (Phi) is 7.91. The molecule has 1 nitrogen and oxygen atoms in total. The van der Waals surface area contributed by atoms with Crippen LogP contribution in [0.3, 0.4) is 0 Å². The van der Waals surface area contributed by atoms with E-state index in [0.717, 1.165) is 0 Å². The number of hydrogen-bond acceptors (Lipinski definition) is 1. The number of halogens is 8. The molecule has 0 rings (SSSR count). The summed E-state index contributed by atoms with van der Waals surface area (Å²) in [5.41, 5.74) is 3.92. The van der Waals surface area contributed by atoms with Gasteiger partial charge >= 0.3 is 18.1 Å². The Hall–Kier alpha value is -0.600. The molecule has 9 heteroatoms. The Morgan fingerprint density at radius 2 is 1.14 bits per heavy atom. The number of rotatable bonds is 10. The average molecular weight is 329 g/mol. The highest BCUT2D eigenvalue weighted by atomic mass is 19.4. The van der Waals surface area contributed by atoms with Crippen molar-refractivity contribution in [3.05, 3.63) is 0 Å². The average Bonchev–Trinajstić information content (AvgIpc) is 2.29. The van der Waals surface area contributed by atoms with E-state index < -0.39 is 37.2 Å². The summed E-state index contributed by atoms with van der Waals surface area (Å²) in [6.45, 7) is 0. The van der Waals surface area contributed by atoms with Crippen LogP contribution in [0.15, 0.2) is 0 Å². The van der Waals surface area contributed by atoms with E-state index in [9.17, 15) is 35.1 Å².